The number of carbonyl (C=O) groups is 2. The lowest BCUT2D eigenvalue weighted by Crippen LogP contribution is -2.15. The number of anilines is 3. The van der Waals surface area contributed by atoms with E-state index < -0.39 is 0 Å². The maximum absolute atomic E-state index is 12.2. The van der Waals surface area contributed by atoms with E-state index in [1.54, 1.807) is 24.3 Å². The Morgan fingerprint density at radius 3 is 2.46 bits per heavy atom. The Morgan fingerprint density at radius 1 is 1.08 bits per heavy atom. The molecule has 1 heterocycles. The molecular formula is C17H21N5O2. The second kappa shape index (κ2) is 8.61. The van der Waals surface area contributed by atoms with Crippen LogP contribution in [0.15, 0.2) is 36.7 Å². The molecule has 126 valence electrons. The van der Waals surface area contributed by atoms with Crippen LogP contribution in [0.4, 0.5) is 17.2 Å². The topological polar surface area (TPSA) is 96.0 Å². The second-order valence-electron chi connectivity index (χ2n) is 5.28. The maximum Gasteiger partial charge on any atom is 0.275 e. The molecule has 0 fully saturated rings. The molecule has 0 aliphatic rings. The van der Waals surface area contributed by atoms with Crippen molar-refractivity contribution in [1.82, 2.24) is 9.97 Å². The van der Waals surface area contributed by atoms with Crippen LogP contribution in [0.25, 0.3) is 0 Å². The van der Waals surface area contributed by atoms with Crippen LogP contribution in [0, 0.1) is 0 Å². The molecule has 0 saturated carbocycles. The number of amides is 2. The summed E-state index contributed by atoms with van der Waals surface area (Å²) in [7, 11) is 0. The maximum atomic E-state index is 12.2. The summed E-state index contributed by atoms with van der Waals surface area (Å²) < 4.78 is 0. The molecule has 0 saturated heterocycles. The lowest BCUT2D eigenvalue weighted by molar-refractivity contribution is -0.114. The number of nitrogens with zero attached hydrogens (tertiary/aromatic N) is 2. The number of rotatable bonds is 7. The Balaban J connectivity index is 1.98. The lowest BCUT2D eigenvalue weighted by Gasteiger charge is -2.08. The van der Waals surface area contributed by atoms with Crippen molar-refractivity contribution < 1.29 is 9.59 Å². The molecule has 1 aromatic carbocycles. The van der Waals surface area contributed by atoms with Gasteiger partial charge in [-0.2, -0.15) is 0 Å². The third-order valence-corrected chi connectivity index (χ3v) is 3.16. The zero-order chi connectivity index (χ0) is 17.4. The highest BCUT2D eigenvalue weighted by Gasteiger charge is 2.09. The molecule has 0 aliphatic heterocycles. The van der Waals surface area contributed by atoms with E-state index in [0.717, 1.165) is 19.4 Å². The van der Waals surface area contributed by atoms with Gasteiger partial charge in [0.15, 0.2) is 0 Å². The third kappa shape index (κ3) is 5.35. The third-order valence-electron chi connectivity index (χ3n) is 3.16. The number of aromatic nitrogens is 2. The minimum atomic E-state index is -0.359. The monoisotopic (exact) mass is 327 g/mol. The van der Waals surface area contributed by atoms with Gasteiger partial charge in [-0.25, -0.2) is 9.97 Å². The summed E-state index contributed by atoms with van der Waals surface area (Å²) in [6, 6.07) is 6.89. The average molecular weight is 327 g/mol. The quantitative estimate of drug-likeness (QED) is 0.680. The first kappa shape index (κ1) is 17.4. The van der Waals surface area contributed by atoms with Crippen LogP contribution in [0.5, 0.6) is 0 Å². The van der Waals surface area contributed by atoms with Crippen molar-refractivity contribution in [1.29, 1.82) is 0 Å². The van der Waals surface area contributed by atoms with Crippen molar-refractivity contribution in [3.8, 4) is 0 Å². The van der Waals surface area contributed by atoms with Gasteiger partial charge < -0.3 is 16.0 Å². The molecule has 7 nitrogen and oxygen atoms in total. The molecule has 0 radical (unpaired) electrons. The van der Waals surface area contributed by atoms with Gasteiger partial charge in [-0.1, -0.05) is 19.4 Å². The first-order chi connectivity index (χ1) is 11.6. The minimum Gasteiger partial charge on any atom is -0.369 e. The minimum absolute atomic E-state index is 0.171. The second-order valence-corrected chi connectivity index (χ2v) is 5.28. The standard InChI is InChI=1S/C17H21N5O2/c1-3-4-8-18-16-11-19-15(10-20-16)17(24)22-14-7-5-6-13(9-14)21-12(2)23/h5-7,9-11H,3-4,8H2,1-2H3,(H,18,20)(H,21,23)(H,22,24). The van der Waals surface area contributed by atoms with Crippen molar-refractivity contribution >= 4 is 29.0 Å². The van der Waals surface area contributed by atoms with Crippen molar-refractivity contribution in [2.75, 3.05) is 22.5 Å². The van der Waals surface area contributed by atoms with E-state index in [1.165, 1.54) is 19.3 Å². The van der Waals surface area contributed by atoms with E-state index in [4.69, 9.17) is 0 Å². The van der Waals surface area contributed by atoms with Crippen LogP contribution in [-0.4, -0.2) is 28.3 Å². The number of hydrogen-bond donors (Lipinski definition) is 3. The zero-order valence-electron chi connectivity index (χ0n) is 13.8. The predicted octanol–water partition coefficient (Wildman–Crippen LogP) is 2.90. The highest BCUT2D eigenvalue weighted by molar-refractivity contribution is 6.03. The van der Waals surface area contributed by atoms with Gasteiger partial charge in [0.2, 0.25) is 5.91 Å². The fourth-order valence-corrected chi connectivity index (χ4v) is 2.00. The van der Waals surface area contributed by atoms with Gasteiger partial charge in [0, 0.05) is 24.8 Å². The molecule has 3 N–H and O–H groups in total. The largest absolute Gasteiger partial charge is 0.369 e. The normalized spacial score (nSPS) is 10.1. The van der Waals surface area contributed by atoms with Gasteiger partial charge in [0.1, 0.15) is 11.5 Å². The molecule has 24 heavy (non-hydrogen) atoms. The molecule has 0 aliphatic carbocycles. The molecule has 2 amide bonds. The van der Waals surface area contributed by atoms with E-state index in [9.17, 15) is 9.59 Å². The Hall–Kier alpha value is -2.96. The molecule has 0 unspecified atom stereocenters. The Morgan fingerprint density at radius 2 is 1.83 bits per heavy atom. The van der Waals surface area contributed by atoms with E-state index in [2.05, 4.69) is 32.8 Å². The summed E-state index contributed by atoms with van der Waals surface area (Å²) in [5.74, 6) is 0.116. The molecule has 0 spiro atoms. The zero-order valence-corrected chi connectivity index (χ0v) is 13.8. The lowest BCUT2D eigenvalue weighted by atomic mass is 10.2. The first-order valence-electron chi connectivity index (χ1n) is 7.83. The van der Waals surface area contributed by atoms with Crippen LogP contribution >= 0.6 is 0 Å². The highest BCUT2D eigenvalue weighted by Crippen LogP contribution is 2.15. The summed E-state index contributed by atoms with van der Waals surface area (Å²) in [4.78, 5) is 31.6. The van der Waals surface area contributed by atoms with Crippen LogP contribution in [0.1, 0.15) is 37.2 Å². The fraction of sp³-hybridized carbons (Fsp3) is 0.294. The molecule has 2 rings (SSSR count). The SMILES string of the molecule is CCCCNc1cnc(C(=O)Nc2cccc(NC(C)=O)c2)cn1. The van der Waals surface area contributed by atoms with Crippen molar-refractivity contribution in [3.05, 3.63) is 42.4 Å². The predicted molar refractivity (Wildman–Crippen MR) is 94.1 cm³/mol. The number of unbranched alkanes of at least 4 members (excludes halogenated alkanes) is 1. The molecule has 1 aromatic heterocycles. The van der Waals surface area contributed by atoms with Gasteiger partial charge in [-0.05, 0) is 24.6 Å². The Bertz CT molecular complexity index is 700. The molecule has 0 atom stereocenters. The van der Waals surface area contributed by atoms with E-state index >= 15 is 0 Å². The number of hydrogen-bond acceptors (Lipinski definition) is 5. The van der Waals surface area contributed by atoms with E-state index in [0.29, 0.717) is 17.2 Å². The van der Waals surface area contributed by atoms with Crippen molar-refractivity contribution in [2.24, 2.45) is 0 Å². The summed E-state index contributed by atoms with van der Waals surface area (Å²) in [5, 5.41) is 8.54. The van der Waals surface area contributed by atoms with Gasteiger partial charge in [0.25, 0.3) is 5.91 Å². The van der Waals surface area contributed by atoms with Gasteiger partial charge in [0.05, 0.1) is 12.4 Å². The summed E-state index contributed by atoms with van der Waals surface area (Å²) >= 11 is 0. The molecule has 7 heteroatoms. The average Bonchev–Trinajstić information content (AvgIpc) is 2.55. The van der Waals surface area contributed by atoms with E-state index in [-0.39, 0.29) is 17.5 Å². The van der Waals surface area contributed by atoms with Crippen molar-refractivity contribution in [2.45, 2.75) is 26.7 Å². The molecular weight excluding hydrogens is 306 g/mol. The van der Waals surface area contributed by atoms with Crippen LogP contribution in [0.3, 0.4) is 0 Å². The van der Waals surface area contributed by atoms with Crippen LogP contribution < -0.4 is 16.0 Å². The molecule has 2 aromatic rings. The first-order valence-corrected chi connectivity index (χ1v) is 7.83. The number of nitrogens with one attached hydrogen (secondary N) is 3. The van der Waals surface area contributed by atoms with Gasteiger partial charge >= 0.3 is 0 Å². The number of carbonyl (C=O) groups excluding carboxylic acids is 2. The summed E-state index contributed by atoms with van der Waals surface area (Å²) in [5.41, 5.74) is 1.40. The van der Waals surface area contributed by atoms with Gasteiger partial charge in [-0.3, -0.25) is 9.59 Å². The van der Waals surface area contributed by atoms with Gasteiger partial charge in [-0.15, -0.1) is 0 Å². The van der Waals surface area contributed by atoms with Crippen molar-refractivity contribution in [3.63, 3.8) is 0 Å². The summed E-state index contributed by atoms with van der Waals surface area (Å²) in [6.45, 7) is 4.37. The Labute approximate surface area is 140 Å². The highest BCUT2D eigenvalue weighted by atomic mass is 16.2. The smallest absolute Gasteiger partial charge is 0.275 e. The Kier molecular flexibility index (Phi) is 6.24. The van der Waals surface area contributed by atoms with Crippen LogP contribution in [0.2, 0.25) is 0 Å². The number of benzene rings is 1. The van der Waals surface area contributed by atoms with Crippen LogP contribution in [-0.2, 0) is 4.79 Å². The van der Waals surface area contributed by atoms with E-state index in [1.807, 2.05) is 0 Å². The fourth-order valence-electron chi connectivity index (χ4n) is 2.00. The summed E-state index contributed by atoms with van der Waals surface area (Å²) in [6.07, 6.45) is 5.12. The molecule has 0 bridgehead atoms.